The Bertz CT molecular complexity index is 950. The van der Waals surface area contributed by atoms with Gasteiger partial charge in [0.15, 0.2) is 0 Å². The molecule has 1 saturated carbocycles. The van der Waals surface area contributed by atoms with Crippen LogP contribution in [0.5, 0.6) is 5.75 Å². The summed E-state index contributed by atoms with van der Waals surface area (Å²) < 4.78 is 5.45. The van der Waals surface area contributed by atoms with Gasteiger partial charge in [-0.15, -0.1) is 0 Å². The molecule has 2 heterocycles. The number of benzene rings is 1. The van der Waals surface area contributed by atoms with Gasteiger partial charge in [0.05, 0.1) is 30.6 Å². The van der Waals surface area contributed by atoms with Crippen LogP contribution in [0.25, 0.3) is 10.9 Å². The predicted octanol–water partition coefficient (Wildman–Crippen LogP) is 5.17. The molecule has 1 saturated heterocycles. The van der Waals surface area contributed by atoms with E-state index in [2.05, 4.69) is 9.88 Å². The number of pyridine rings is 1. The molecule has 1 aromatic heterocycles. The number of hydrogen-bond donors (Lipinski definition) is 2. The minimum Gasteiger partial charge on any atom is -0.497 e. The molecular weight excluding hydrogens is 438 g/mol. The fraction of sp³-hybridized carbons (Fsp3) is 0.690. The van der Waals surface area contributed by atoms with E-state index >= 15 is 0 Å². The van der Waals surface area contributed by atoms with Gasteiger partial charge in [0, 0.05) is 31.7 Å². The molecule has 1 atom stereocenters. The molecule has 35 heavy (non-hydrogen) atoms. The van der Waals surface area contributed by atoms with Crippen molar-refractivity contribution in [3.63, 3.8) is 0 Å². The molecule has 1 aromatic carbocycles. The minimum absolute atomic E-state index is 0.0961. The zero-order chi connectivity index (χ0) is 24.8. The second kappa shape index (κ2) is 11.9. The monoisotopic (exact) mass is 483 g/mol. The fourth-order valence-electron chi connectivity index (χ4n) is 6.18. The second-order valence-electron chi connectivity index (χ2n) is 11.2. The number of methoxy groups -OCH3 is 1. The summed E-state index contributed by atoms with van der Waals surface area (Å²) in [5, 5.41) is 22.8. The quantitative estimate of drug-likeness (QED) is 0.486. The first-order valence-corrected chi connectivity index (χ1v) is 13.6. The third-order valence-corrected chi connectivity index (χ3v) is 8.69. The predicted molar refractivity (Wildman–Crippen MR) is 143 cm³/mol. The van der Waals surface area contributed by atoms with E-state index in [1.165, 1.54) is 45.1 Å². The summed E-state index contributed by atoms with van der Waals surface area (Å²) in [5.74, 6) is 1.68. The molecule has 6 heteroatoms. The number of aliphatic hydroxyl groups excluding tert-OH is 2. The lowest BCUT2D eigenvalue weighted by atomic mass is 9.74. The average Bonchev–Trinajstić information content (AvgIpc) is 2.90. The van der Waals surface area contributed by atoms with Crippen molar-refractivity contribution in [3.05, 3.63) is 30.0 Å². The van der Waals surface area contributed by atoms with Gasteiger partial charge in [-0.05, 0) is 81.3 Å². The van der Waals surface area contributed by atoms with E-state index in [0.29, 0.717) is 6.42 Å². The number of rotatable bonds is 10. The Morgan fingerprint density at radius 2 is 1.91 bits per heavy atom. The summed E-state index contributed by atoms with van der Waals surface area (Å²) in [6.07, 6.45) is 13.1. The zero-order valence-corrected chi connectivity index (χ0v) is 22.0. The van der Waals surface area contributed by atoms with E-state index in [-0.39, 0.29) is 12.0 Å². The summed E-state index contributed by atoms with van der Waals surface area (Å²) in [7, 11) is 5.63. The van der Waals surface area contributed by atoms with Gasteiger partial charge in [0.2, 0.25) is 0 Å². The zero-order valence-electron chi connectivity index (χ0n) is 22.0. The largest absolute Gasteiger partial charge is 0.497 e. The minimum atomic E-state index is -0.627. The molecule has 0 bridgehead atoms. The molecule has 194 valence electrons. The van der Waals surface area contributed by atoms with Crippen molar-refractivity contribution in [1.29, 1.82) is 0 Å². The SMILES string of the molecule is COc1ccc2ncc(N(C)C)c(C(O)CCC3(CO)CCN(CCC4CCCCC4)CC3)c2c1. The molecular formula is C29H45N3O3. The molecule has 1 unspecified atom stereocenters. The van der Waals surface area contributed by atoms with Crippen LogP contribution in [0.15, 0.2) is 24.4 Å². The number of anilines is 1. The van der Waals surface area contributed by atoms with Gasteiger partial charge in [-0.3, -0.25) is 4.98 Å². The lowest BCUT2D eigenvalue weighted by Gasteiger charge is -2.42. The van der Waals surface area contributed by atoms with Crippen molar-refractivity contribution in [2.75, 3.05) is 52.3 Å². The van der Waals surface area contributed by atoms with Gasteiger partial charge in [-0.25, -0.2) is 0 Å². The Balaban J connectivity index is 1.40. The summed E-state index contributed by atoms with van der Waals surface area (Å²) >= 11 is 0. The Kier molecular flexibility index (Phi) is 8.90. The lowest BCUT2D eigenvalue weighted by Crippen LogP contribution is -2.42. The molecule has 2 aliphatic rings. The first-order chi connectivity index (χ1) is 16.9. The fourth-order valence-corrected chi connectivity index (χ4v) is 6.18. The Hall–Kier alpha value is -1.89. The van der Waals surface area contributed by atoms with Gasteiger partial charge in [-0.1, -0.05) is 32.1 Å². The number of aromatic nitrogens is 1. The Morgan fingerprint density at radius 3 is 2.57 bits per heavy atom. The number of nitrogens with zero attached hydrogens (tertiary/aromatic N) is 3. The van der Waals surface area contributed by atoms with Crippen molar-refractivity contribution < 1.29 is 14.9 Å². The summed E-state index contributed by atoms with van der Waals surface area (Å²) in [6, 6.07) is 5.83. The standard InChI is InChI=1S/C29H45N3O3/c1-31(2)26-20-30-25-10-9-23(35-3)19-24(25)28(26)27(34)11-13-29(21-33)14-17-32(18-15-29)16-12-22-7-5-4-6-8-22/h9-10,19-20,22,27,33-34H,4-8,11-18,21H2,1-3H3. The second-order valence-corrected chi connectivity index (χ2v) is 11.2. The van der Waals surface area contributed by atoms with Crippen LogP contribution in [0.2, 0.25) is 0 Å². The topological polar surface area (TPSA) is 69.1 Å². The number of aliphatic hydroxyl groups is 2. The van der Waals surface area contributed by atoms with E-state index in [1.54, 1.807) is 7.11 Å². The van der Waals surface area contributed by atoms with Crippen LogP contribution in [0.1, 0.15) is 75.9 Å². The number of likely N-dealkylation sites (tertiary alicyclic amines) is 1. The summed E-state index contributed by atoms with van der Waals surface area (Å²) in [5.41, 5.74) is 2.58. The van der Waals surface area contributed by atoms with E-state index in [0.717, 1.165) is 66.2 Å². The third kappa shape index (κ3) is 6.28. The molecule has 0 radical (unpaired) electrons. The number of ether oxygens (including phenoxy) is 1. The van der Waals surface area contributed by atoms with E-state index < -0.39 is 6.10 Å². The van der Waals surface area contributed by atoms with Gasteiger partial charge >= 0.3 is 0 Å². The molecule has 1 aliphatic heterocycles. The highest BCUT2D eigenvalue weighted by Gasteiger charge is 2.35. The highest BCUT2D eigenvalue weighted by molar-refractivity contribution is 5.88. The van der Waals surface area contributed by atoms with Crippen LogP contribution in [0.4, 0.5) is 5.69 Å². The maximum absolute atomic E-state index is 11.4. The molecule has 2 aromatic rings. The van der Waals surface area contributed by atoms with Crippen molar-refractivity contribution in [2.45, 2.75) is 70.3 Å². The molecule has 0 spiro atoms. The molecule has 4 rings (SSSR count). The Labute approximate surface area is 211 Å². The smallest absolute Gasteiger partial charge is 0.119 e. The molecule has 2 N–H and O–H groups in total. The average molecular weight is 484 g/mol. The van der Waals surface area contributed by atoms with Crippen LogP contribution in [-0.2, 0) is 0 Å². The molecule has 1 aliphatic carbocycles. The van der Waals surface area contributed by atoms with Gasteiger partial charge < -0.3 is 24.7 Å². The number of fused-ring (bicyclic) bond motifs is 1. The lowest BCUT2D eigenvalue weighted by molar-refractivity contribution is 0.0219. The normalized spacial score (nSPS) is 20.1. The van der Waals surface area contributed by atoms with Gasteiger partial charge in [0.1, 0.15) is 5.75 Å². The van der Waals surface area contributed by atoms with Crippen molar-refractivity contribution >= 4 is 16.6 Å². The van der Waals surface area contributed by atoms with Crippen LogP contribution < -0.4 is 9.64 Å². The van der Waals surface area contributed by atoms with Gasteiger partial charge in [0.25, 0.3) is 0 Å². The van der Waals surface area contributed by atoms with Crippen molar-refractivity contribution in [1.82, 2.24) is 9.88 Å². The van der Waals surface area contributed by atoms with E-state index in [1.807, 2.05) is 43.4 Å². The van der Waals surface area contributed by atoms with Gasteiger partial charge in [-0.2, -0.15) is 0 Å². The highest BCUT2D eigenvalue weighted by Crippen LogP contribution is 2.41. The van der Waals surface area contributed by atoms with Crippen molar-refractivity contribution in [2.24, 2.45) is 11.3 Å². The van der Waals surface area contributed by atoms with Crippen LogP contribution in [0, 0.1) is 11.3 Å². The first-order valence-electron chi connectivity index (χ1n) is 13.6. The molecule has 2 fully saturated rings. The maximum Gasteiger partial charge on any atom is 0.119 e. The highest BCUT2D eigenvalue weighted by atomic mass is 16.5. The maximum atomic E-state index is 11.4. The summed E-state index contributed by atoms with van der Waals surface area (Å²) in [6.45, 7) is 3.51. The van der Waals surface area contributed by atoms with Crippen LogP contribution >= 0.6 is 0 Å². The third-order valence-electron chi connectivity index (χ3n) is 8.69. The van der Waals surface area contributed by atoms with Crippen molar-refractivity contribution in [3.8, 4) is 5.75 Å². The summed E-state index contributed by atoms with van der Waals surface area (Å²) in [4.78, 5) is 9.22. The van der Waals surface area contributed by atoms with Crippen LogP contribution in [0.3, 0.4) is 0 Å². The van der Waals surface area contributed by atoms with E-state index in [9.17, 15) is 10.2 Å². The number of hydrogen-bond acceptors (Lipinski definition) is 6. The molecule has 6 nitrogen and oxygen atoms in total. The number of piperidine rings is 1. The molecule has 0 amide bonds. The Morgan fingerprint density at radius 1 is 1.17 bits per heavy atom. The first kappa shape index (κ1) is 26.2. The van der Waals surface area contributed by atoms with Crippen LogP contribution in [-0.4, -0.2) is 67.5 Å². The van der Waals surface area contributed by atoms with E-state index in [4.69, 9.17) is 4.74 Å².